The van der Waals surface area contributed by atoms with Crippen molar-refractivity contribution in [2.24, 2.45) is 0 Å². The number of carbonyl (C=O) groups is 1. The highest BCUT2D eigenvalue weighted by molar-refractivity contribution is 5.89. The summed E-state index contributed by atoms with van der Waals surface area (Å²) in [7, 11) is 0. The van der Waals surface area contributed by atoms with E-state index in [1.165, 1.54) is 5.56 Å². The molecule has 100 valence electrons. The van der Waals surface area contributed by atoms with Gasteiger partial charge in [0.2, 0.25) is 0 Å². The first kappa shape index (κ1) is 13.5. The zero-order chi connectivity index (χ0) is 14.4. The summed E-state index contributed by atoms with van der Waals surface area (Å²) in [5, 5.41) is 10.5. The molecule has 0 aliphatic carbocycles. The number of pyridine rings is 1. The first-order chi connectivity index (χ1) is 8.75. The van der Waals surface area contributed by atoms with E-state index in [9.17, 15) is 9.90 Å². The van der Waals surface area contributed by atoms with Crippen LogP contribution in [-0.2, 0) is 10.2 Å². The van der Waals surface area contributed by atoms with Gasteiger partial charge in [0.1, 0.15) is 5.41 Å². The lowest BCUT2D eigenvalue weighted by molar-refractivity contribution is -0.142. The Bertz CT molecular complexity index is 672. The Hall–Kier alpha value is -1.90. The van der Waals surface area contributed by atoms with Crippen LogP contribution in [-0.4, -0.2) is 16.1 Å². The summed E-state index contributed by atoms with van der Waals surface area (Å²) in [6.07, 6.45) is 0. The molecule has 1 N–H and O–H groups in total. The maximum absolute atomic E-state index is 11.4. The number of nitrogens with zero attached hydrogens (tertiary/aromatic N) is 1. The van der Waals surface area contributed by atoms with E-state index >= 15 is 0 Å². The average Bonchev–Trinajstić information content (AvgIpc) is 2.33. The third-order valence-corrected chi connectivity index (χ3v) is 3.74. The number of aromatic nitrogens is 1. The molecule has 0 saturated heterocycles. The minimum absolute atomic E-state index is 0.610. The maximum Gasteiger partial charge on any atom is 0.315 e. The zero-order valence-electron chi connectivity index (χ0n) is 12.0. The van der Waals surface area contributed by atoms with Crippen LogP contribution in [0.1, 0.15) is 36.2 Å². The number of hydrogen-bond acceptors (Lipinski definition) is 2. The summed E-state index contributed by atoms with van der Waals surface area (Å²) in [5.74, 6) is -0.857. The van der Waals surface area contributed by atoms with Crippen LogP contribution in [0.4, 0.5) is 0 Å². The van der Waals surface area contributed by atoms with Crippen LogP contribution < -0.4 is 0 Å². The molecule has 0 aliphatic heterocycles. The molecule has 3 heteroatoms. The summed E-state index contributed by atoms with van der Waals surface area (Å²) in [5.41, 5.74) is 3.87. The molecular formula is C16H19NO2. The molecule has 19 heavy (non-hydrogen) atoms. The second kappa shape index (κ2) is 4.34. The summed E-state index contributed by atoms with van der Waals surface area (Å²) < 4.78 is 0. The predicted molar refractivity (Wildman–Crippen MR) is 76.6 cm³/mol. The van der Waals surface area contributed by atoms with Crippen molar-refractivity contribution in [2.45, 2.75) is 40.0 Å². The number of hydrogen-bond donors (Lipinski definition) is 1. The Labute approximate surface area is 113 Å². The Morgan fingerprint density at radius 2 is 1.68 bits per heavy atom. The van der Waals surface area contributed by atoms with Crippen LogP contribution in [0.25, 0.3) is 10.9 Å². The monoisotopic (exact) mass is 257 g/mol. The van der Waals surface area contributed by atoms with E-state index < -0.39 is 11.4 Å². The second-order valence-corrected chi connectivity index (χ2v) is 5.68. The van der Waals surface area contributed by atoms with Crippen molar-refractivity contribution in [2.75, 3.05) is 0 Å². The zero-order valence-corrected chi connectivity index (χ0v) is 12.0. The molecule has 1 aromatic carbocycles. The van der Waals surface area contributed by atoms with Crippen molar-refractivity contribution >= 4 is 16.9 Å². The lowest BCUT2D eigenvalue weighted by Gasteiger charge is -2.21. The molecule has 2 rings (SSSR count). The van der Waals surface area contributed by atoms with Gasteiger partial charge < -0.3 is 5.11 Å². The van der Waals surface area contributed by atoms with E-state index in [2.05, 4.69) is 18.0 Å². The highest BCUT2D eigenvalue weighted by Crippen LogP contribution is 2.29. The Kier molecular flexibility index (Phi) is 3.09. The highest BCUT2D eigenvalue weighted by Gasteiger charge is 2.31. The molecule has 1 heterocycles. The average molecular weight is 257 g/mol. The fraction of sp³-hybridized carbons (Fsp3) is 0.375. The maximum atomic E-state index is 11.4. The number of carboxylic acids is 1. The molecule has 0 spiro atoms. The van der Waals surface area contributed by atoms with Gasteiger partial charge in [0, 0.05) is 5.39 Å². The van der Waals surface area contributed by atoms with Crippen LogP contribution >= 0.6 is 0 Å². The Morgan fingerprint density at radius 1 is 1.11 bits per heavy atom. The van der Waals surface area contributed by atoms with Gasteiger partial charge in [0.05, 0.1) is 11.2 Å². The molecule has 3 nitrogen and oxygen atoms in total. The summed E-state index contributed by atoms with van der Waals surface area (Å²) in [6.45, 7) is 9.45. The van der Waals surface area contributed by atoms with Crippen LogP contribution in [0, 0.1) is 20.8 Å². The lowest BCUT2D eigenvalue weighted by atomic mass is 9.87. The minimum Gasteiger partial charge on any atom is -0.481 e. The predicted octanol–water partition coefficient (Wildman–Crippen LogP) is 3.52. The summed E-state index contributed by atoms with van der Waals surface area (Å²) >= 11 is 0. The molecule has 0 atom stereocenters. The largest absolute Gasteiger partial charge is 0.481 e. The first-order valence-corrected chi connectivity index (χ1v) is 6.36. The number of aliphatic carboxylic acids is 1. The SMILES string of the molecule is Cc1ccc(C)c2c(C)cc(C(C)(C)C(=O)O)nc12. The molecule has 0 unspecified atom stereocenters. The van der Waals surface area contributed by atoms with Gasteiger partial charge in [-0.15, -0.1) is 0 Å². The smallest absolute Gasteiger partial charge is 0.315 e. The second-order valence-electron chi connectivity index (χ2n) is 5.68. The molecule has 0 radical (unpaired) electrons. The van der Waals surface area contributed by atoms with Crippen LogP contribution in [0.3, 0.4) is 0 Å². The number of aryl methyl sites for hydroxylation is 3. The van der Waals surface area contributed by atoms with E-state index in [0.717, 1.165) is 22.0 Å². The van der Waals surface area contributed by atoms with E-state index in [1.54, 1.807) is 13.8 Å². The third-order valence-electron chi connectivity index (χ3n) is 3.74. The van der Waals surface area contributed by atoms with E-state index in [4.69, 9.17) is 0 Å². The molecule has 0 aliphatic rings. The van der Waals surface area contributed by atoms with Crippen molar-refractivity contribution in [3.63, 3.8) is 0 Å². The number of carboxylic acid groups (broad SMARTS) is 1. The van der Waals surface area contributed by atoms with E-state index in [1.807, 2.05) is 26.0 Å². The van der Waals surface area contributed by atoms with Gasteiger partial charge in [0.15, 0.2) is 0 Å². The fourth-order valence-corrected chi connectivity index (χ4v) is 2.30. The van der Waals surface area contributed by atoms with Crippen LogP contribution in [0.15, 0.2) is 18.2 Å². The van der Waals surface area contributed by atoms with Gasteiger partial charge in [0.25, 0.3) is 0 Å². The third kappa shape index (κ3) is 2.09. The standard InChI is InChI=1S/C16H19NO2/c1-9-6-7-10(2)14-13(9)11(3)8-12(17-14)16(4,5)15(18)19/h6-8H,1-5H3,(H,18,19). The molecule has 0 bridgehead atoms. The summed E-state index contributed by atoms with van der Waals surface area (Å²) in [6, 6.07) is 6.00. The molecule has 0 fully saturated rings. The van der Waals surface area contributed by atoms with Crippen molar-refractivity contribution in [1.82, 2.24) is 4.98 Å². The number of rotatable bonds is 2. The number of fused-ring (bicyclic) bond motifs is 1. The summed E-state index contributed by atoms with van der Waals surface area (Å²) in [4.78, 5) is 16.0. The molecule has 0 saturated carbocycles. The quantitative estimate of drug-likeness (QED) is 0.895. The van der Waals surface area contributed by atoms with Crippen molar-refractivity contribution in [3.05, 3.63) is 40.6 Å². The minimum atomic E-state index is -0.977. The first-order valence-electron chi connectivity index (χ1n) is 6.36. The van der Waals surface area contributed by atoms with Crippen LogP contribution in [0.5, 0.6) is 0 Å². The van der Waals surface area contributed by atoms with Crippen molar-refractivity contribution in [1.29, 1.82) is 0 Å². The van der Waals surface area contributed by atoms with Gasteiger partial charge in [-0.1, -0.05) is 12.1 Å². The lowest BCUT2D eigenvalue weighted by Crippen LogP contribution is -2.29. The van der Waals surface area contributed by atoms with Gasteiger partial charge in [-0.2, -0.15) is 0 Å². The Balaban J connectivity index is 2.83. The molecule has 2 aromatic rings. The van der Waals surface area contributed by atoms with Gasteiger partial charge in [-0.25, -0.2) is 0 Å². The van der Waals surface area contributed by atoms with Crippen molar-refractivity contribution in [3.8, 4) is 0 Å². The van der Waals surface area contributed by atoms with Gasteiger partial charge in [-0.05, 0) is 57.4 Å². The van der Waals surface area contributed by atoms with Crippen LogP contribution in [0.2, 0.25) is 0 Å². The Morgan fingerprint density at radius 3 is 2.26 bits per heavy atom. The van der Waals surface area contributed by atoms with E-state index in [-0.39, 0.29) is 0 Å². The normalized spacial score (nSPS) is 11.8. The number of benzene rings is 1. The fourth-order valence-electron chi connectivity index (χ4n) is 2.30. The van der Waals surface area contributed by atoms with Gasteiger partial charge in [-0.3, -0.25) is 9.78 Å². The van der Waals surface area contributed by atoms with Gasteiger partial charge >= 0.3 is 5.97 Å². The molecule has 0 amide bonds. The highest BCUT2D eigenvalue weighted by atomic mass is 16.4. The topological polar surface area (TPSA) is 50.2 Å². The van der Waals surface area contributed by atoms with Crippen molar-refractivity contribution < 1.29 is 9.90 Å². The molecule has 1 aromatic heterocycles. The van der Waals surface area contributed by atoms with E-state index in [0.29, 0.717) is 5.69 Å². The molecular weight excluding hydrogens is 238 g/mol.